The molecule has 0 N–H and O–H groups in total. The Balaban J connectivity index is 2.08. The monoisotopic (exact) mass is 390 g/mol. The zero-order valence-electron chi connectivity index (χ0n) is 14.4. The molecular weight excluding hydrogens is 368 g/mol. The van der Waals surface area contributed by atoms with Gasteiger partial charge in [-0.25, -0.2) is 8.42 Å². The minimum absolute atomic E-state index is 0.0989. The molecule has 0 aromatic heterocycles. The number of sulfonamides is 1. The van der Waals surface area contributed by atoms with E-state index in [1.165, 1.54) is 22.5 Å². The normalized spacial score (nSPS) is 15.8. The Kier molecular flexibility index (Phi) is 7.06. The molecule has 0 atom stereocenters. The SMILES string of the molecule is CCN(CC)C(=O)COc1ccc(S(=O)(=O)N2CCOCC2)cc1Cl. The number of hydrogen-bond donors (Lipinski definition) is 0. The van der Waals surface area contributed by atoms with Crippen LogP contribution in [0.1, 0.15) is 13.8 Å². The van der Waals surface area contributed by atoms with E-state index in [-0.39, 0.29) is 28.2 Å². The van der Waals surface area contributed by atoms with Gasteiger partial charge in [0.05, 0.1) is 23.1 Å². The predicted molar refractivity (Wildman–Crippen MR) is 94.5 cm³/mol. The van der Waals surface area contributed by atoms with Gasteiger partial charge in [0.2, 0.25) is 10.0 Å². The Morgan fingerprint density at radius 2 is 1.92 bits per heavy atom. The second-order valence-electron chi connectivity index (χ2n) is 5.46. The molecule has 1 amide bonds. The van der Waals surface area contributed by atoms with E-state index < -0.39 is 10.0 Å². The summed E-state index contributed by atoms with van der Waals surface area (Å²) in [5, 5.41) is 0.154. The summed E-state index contributed by atoms with van der Waals surface area (Å²) in [5.41, 5.74) is 0. The van der Waals surface area contributed by atoms with Crippen molar-refractivity contribution in [2.45, 2.75) is 18.7 Å². The van der Waals surface area contributed by atoms with Crippen LogP contribution < -0.4 is 4.74 Å². The molecule has 140 valence electrons. The lowest BCUT2D eigenvalue weighted by Gasteiger charge is -2.26. The van der Waals surface area contributed by atoms with E-state index in [1.807, 2.05) is 13.8 Å². The van der Waals surface area contributed by atoms with Gasteiger partial charge in [-0.15, -0.1) is 0 Å². The molecule has 1 heterocycles. The molecule has 2 rings (SSSR count). The van der Waals surface area contributed by atoms with Crippen molar-refractivity contribution in [3.05, 3.63) is 23.2 Å². The summed E-state index contributed by atoms with van der Waals surface area (Å²) in [6.07, 6.45) is 0. The number of nitrogens with zero attached hydrogens (tertiary/aromatic N) is 2. The number of hydrogen-bond acceptors (Lipinski definition) is 5. The maximum Gasteiger partial charge on any atom is 0.260 e. The van der Waals surface area contributed by atoms with Crippen LogP contribution >= 0.6 is 11.6 Å². The fourth-order valence-corrected chi connectivity index (χ4v) is 4.24. The van der Waals surface area contributed by atoms with E-state index in [9.17, 15) is 13.2 Å². The highest BCUT2D eigenvalue weighted by molar-refractivity contribution is 7.89. The van der Waals surface area contributed by atoms with Gasteiger partial charge in [-0.05, 0) is 32.0 Å². The summed E-state index contributed by atoms with van der Waals surface area (Å²) < 4.78 is 37.2. The van der Waals surface area contributed by atoms with Crippen LogP contribution in [0.2, 0.25) is 5.02 Å². The number of carbonyl (C=O) groups is 1. The number of likely N-dealkylation sites (N-methyl/N-ethyl adjacent to an activating group) is 1. The smallest absolute Gasteiger partial charge is 0.260 e. The molecule has 7 nitrogen and oxygen atoms in total. The van der Waals surface area contributed by atoms with Crippen LogP contribution in [0.3, 0.4) is 0 Å². The first-order valence-electron chi connectivity index (χ1n) is 8.18. The van der Waals surface area contributed by atoms with Crippen molar-refractivity contribution < 1.29 is 22.7 Å². The minimum Gasteiger partial charge on any atom is -0.482 e. The van der Waals surface area contributed by atoms with Gasteiger partial charge in [0.1, 0.15) is 5.75 Å². The van der Waals surface area contributed by atoms with E-state index in [0.717, 1.165) is 0 Å². The van der Waals surface area contributed by atoms with Gasteiger partial charge in [-0.1, -0.05) is 11.6 Å². The van der Waals surface area contributed by atoms with Gasteiger partial charge < -0.3 is 14.4 Å². The molecule has 25 heavy (non-hydrogen) atoms. The Morgan fingerprint density at radius 3 is 2.48 bits per heavy atom. The highest BCUT2D eigenvalue weighted by Crippen LogP contribution is 2.29. The zero-order chi connectivity index (χ0) is 18.4. The first-order chi connectivity index (χ1) is 11.9. The predicted octanol–water partition coefficient (Wildman–Crippen LogP) is 1.61. The molecule has 0 bridgehead atoms. The Bertz CT molecular complexity index is 700. The van der Waals surface area contributed by atoms with Gasteiger partial charge >= 0.3 is 0 Å². The van der Waals surface area contributed by atoms with Crippen LogP contribution in [0.25, 0.3) is 0 Å². The van der Waals surface area contributed by atoms with Gasteiger partial charge in [0.25, 0.3) is 5.91 Å². The maximum absolute atomic E-state index is 12.6. The molecule has 1 aliphatic heterocycles. The maximum atomic E-state index is 12.6. The third kappa shape index (κ3) is 4.84. The highest BCUT2D eigenvalue weighted by atomic mass is 35.5. The molecule has 1 aliphatic rings. The third-order valence-corrected chi connectivity index (χ3v) is 6.17. The number of carbonyl (C=O) groups excluding carboxylic acids is 1. The van der Waals surface area contributed by atoms with Crippen molar-refractivity contribution in [1.29, 1.82) is 0 Å². The standard InChI is InChI=1S/C16H23ClN2O5S/c1-3-18(4-2)16(20)12-24-15-6-5-13(11-14(15)17)25(21,22)19-7-9-23-10-8-19/h5-6,11H,3-4,7-10,12H2,1-2H3. The van der Waals surface area contributed by atoms with Crippen molar-refractivity contribution in [3.8, 4) is 5.75 Å². The van der Waals surface area contributed by atoms with Crippen molar-refractivity contribution in [1.82, 2.24) is 9.21 Å². The van der Waals surface area contributed by atoms with E-state index in [0.29, 0.717) is 39.4 Å². The van der Waals surface area contributed by atoms with Crippen LogP contribution in [0.5, 0.6) is 5.75 Å². The van der Waals surface area contributed by atoms with Crippen LogP contribution in [-0.4, -0.2) is 69.5 Å². The minimum atomic E-state index is -3.62. The summed E-state index contributed by atoms with van der Waals surface area (Å²) in [6.45, 7) is 6.22. The van der Waals surface area contributed by atoms with Crippen molar-refractivity contribution in [2.24, 2.45) is 0 Å². The van der Waals surface area contributed by atoms with Crippen LogP contribution in [0, 0.1) is 0 Å². The van der Waals surface area contributed by atoms with E-state index in [2.05, 4.69) is 0 Å². The van der Waals surface area contributed by atoms with Gasteiger partial charge in [-0.2, -0.15) is 4.31 Å². The Hall–Kier alpha value is -1.35. The molecule has 1 aromatic carbocycles. The molecule has 0 saturated carbocycles. The lowest BCUT2D eigenvalue weighted by atomic mass is 10.3. The Labute approximate surface area is 153 Å². The average Bonchev–Trinajstić information content (AvgIpc) is 2.62. The molecule has 0 unspecified atom stereocenters. The molecule has 1 saturated heterocycles. The number of ether oxygens (including phenoxy) is 2. The largest absolute Gasteiger partial charge is 0.482 e. The number of halogens is 1. The second-order valence-corrected chi connectivity index (χ2v) is 7.81. The topological polar surface area (TPSA) is 76.2 Å². The van der Waals surface area contributed by atoms with Crippen LogP contribution in [0.4, 0.5) is 0 Å². The third-order valence-electron chi connectivity index (χ3n) is 3.98. The van der Waals surface area contributed by atoms with Gasteiger partial charge in [-0.3, -0.25) is 4.79 Å². The fraction of sp³-hybridized carbons (Fsp3) is 0.562. The molecule has 0 radical (unpaired) electrons. The second kappa shape index (κ2) is 8.84. The quantitative estimate of drug-likeness (QED) is 0.707. The fourth-order valence-electron chi connectivity index (χ4n) is 2.50. The molecule has 0 aliphatic carbocycles. The molecule has 1 aromatic rings. The lowest BCUT2D eigenvalue weighted by molar-refractivity contribution is -0.132. The van der Waals surface area contributed by atoms with E-state index in [1.54, 1.807) is 4.90 Å². The molecule has 1 fully saturated rings. The van der Waals surface area contributed by atoms with Crippen molar-refractivity contribution in [2.75, 3.05) is 46.0 Å². The Morgan fingerprint density at radius 1 is 1.28 bits per heavy atom. The van der Waals surface area contributed by atoms with Gasteiger partial charge in [0.15, 0.2) is 6.61 Å². The summed E-state index contributed by atoms with van der Waals surface area (Å²) in [6, 6.07) is 4.27. The summed E-state index contributed by atoms with van der Waals surface area (Å²) >= 11 is 6.15. The molecule has 0 spiro atoms. The van der Waals surface area contributed by atoms with E-state index >= 15 is 0 Å². The first-order valence-corrected chi connectivity index (χ1v) is 10.00. The average molecular weight is 391 g/mol. The number of morpholine rings is 1. The van der Waals surface area contributed by atoms with E-state index in [4.69, 9.17) is 21.1 Å². The van der Waals surface area contributed by atoms with Crippen molar-refractivity contribution >= 4 is 27.5 Å². The molecular formula is C16H23ClN2O5S. The highest BCUT2D eigenvalue weighted by Gasteiger charge is 2.27. The number of rotatable bonds is 7. The number of amides is 1. The first kappa shape index (κ1) is 20.0. The summed E-state index contributed by atoms with van der Waals surface area (Å²) in [4.78, 5) is 13.7. The lowest BCUT2D eigenvalue weighted by Crippen LogP contribution is -2.40. The van der Waals surface area contributed by atoms with Crippen LogP contribution in [0.15, 0.2) is 23.1 Å². The summed E-state index contributed by atoms with van der Waals surface area (Å²) in [5.74, 6) is 0.134. The number of benzene rings is 1. The zero-order valence-corrected chi connectivity index (χ0v) is 16.0. The van der Waals surface area contributed by atoms with Crippen LogP contribution in [-0.2, 0) is 19.6 Å². The van der Waals surface area contributed by atoms with Gasteiger partial charge in [0, 0.05) is 26.2 Å². The summed E-state index contributed by atoms with van der Waals surface area (Å²) in [7, 11) is -3.62. The van der Waals surface area contributed by atoms with Crippen molar-refractivity contribution in [3.63, 3.8) is 0 Å². The molecule has 9 heteroatoms.